The third kappa shape index (κ3) is 3.25. The summed E-state index contributed by atoms with van der Waals surface area (Å²) in [5.41, 5.74) is 0.959. The van der Waals surface area contributed by atoms with Crippen LogP contribution in [-0.2, 0) is 4.79 Å². The number of hydrogen-bond acceptors (Lipinski definition) is 3. The quantitative estimate of drug-likeness (QED) is 0.770. The van der Waals surface area contributed by atoms with Gasteiger partial charge in [0.2, 0.25) is 0 Å². The van der Waals surface area contributed by atoms with E-state index in [9.17, 15) is 4.79 Å². The zero-order chi connectivity index (χ0) is 11.3. The number of carboxylic acids is 1. The van der Waals surface area contributed by atoms with E-state index >= 15 is 0 Å². The van der Waals surface area contributed by atoms with Gasteiger partial charge in [-0.15, -0.1) is 0 Å². The van der Waals surface area contributed by atoms with Crippen LogP contribution in [0.4, 0.5) is 0 Å². The minimum Gasteiger partial charge on any atom is -0.496 e. The van der Waals surface area contributed by atoms with Crippen LogP contribution in [0.5, 0.6) is 5.75 Å². The molecule has 0 fully saturated rings. The molecule has 82 valence electrons. The molecular formula is C11H15NO3. The van der Waals surface area contributed by atoms with Gasteiger partial charge in [-0.05, 0) is 13.0 Å². The smallest absolute Gasteiger partial charge is 0.317 e. The molecule has 1 unspecified atom stereocenters. The molecule has 0 aromatic heterocycles. The number of nitrogens with one attached hydrogen (secondary N) is 1. The molecule has 0 bridgehead atoms. The van der Waals surface area contributed by atoms with Crippen LogP contribution in [0.25, 0.3) is 0 Å². The minimum atomic E-state index is -0.864. The molecule has 0 aliphatic carbocycles. The predicted octanol–water partition coefficient (Wildman–Crippen LogP) is 1.43. The van der Waals surface area contributed by atoms with Crippen LogP contribution in [0, 0.1) is 0 Å². The topological polar surface area (TPSA) is 58.6 Å². The van der Waals surface area contributed by atoms with Gasteiger partial charge in [0.1, 0.15) is 5.75 Å². The van der Waals surface area contributed by atoms with E-state index in [-0.39, 0.29) is 12.6 Å². The molecule has 0 saturated heterocycles. The fraction of sp³-hybridized carbons (Fsp3) is 0.364. The van der Waals surface area contributed by atoms with Crippen molar-refractivity contribution in [3.8, 4) is 5.75 Å². The number of ether oxygens (including phenoxy) is 1. The Labute approximate surface area is 88.9 Å². The van der Waals surface area contributed by atoms with E-state index in [4.69, 9.17) is 9.84 Å². The molecular weight excluding hydrogens is 194 g/mol. The highest BCUT2D eigenvalue weighted by Crippen LogP contribution is 2.23. The molecule has 0 spiro atoms. The van der Waals surface area contributed by atoms with Gasteiger partial charge in [0, 0.05) is 11.6 Å². The van der Waals surface area contributed by atoms with Gasteiger partial charge in [0.05, 0.1) is 13.7 Å². The average Bonchev–Trinajstić information content (AvgIpc) is 2.25. The number of rotatable bonds is 5. The van der Waals surface area contributed by atoms with Crippen LogP contribution in [0.3, 0.4) is 0 Å². The van der Waals surface area contributed by atoms with Gasteiger partial charge in [-0.3, -0.25) is 4.79 Å². The molecule has 15 heavy (non-hydrogen) atoms. The van der Waals surface area contributed by atoms with E-state index in [0.717, 1.165) is 11.3 Å². The maximum absolute atomic E-state index is 10.4. The highest BCUT2D eigenvalue weighted by Gasteiger charge is 2.10. The molecule has 0 heterocycles. The number of carboxylic acid groups (broad SMARTS) is 1. The predicted molar refractivity (Wildman–Crippen MR) is 57.0 cm³/mol. The first-order valence-electron chi connectivity index (χ1n) is 4.73. The van der Waals surface area contributed by atoms with E-state index in [2.05, 4.69) is 5.32 Å². The summed E-state index contributed by atoms with van der Waals surface area (Å²) in [7, 11) is 1.60. The fourth-order valence-electron chi connectivity index (χ4n) is 1.37. The summed E-state index contributed by atoms with van der Waals surface area (Å²) in [6.07, 6.45) is 0. The molecule has 0 amide bonds. The van der Waals surface area contributed by atoms with Gasteiger partial charge in [0.15, 0.2) is 0 Å². The number of aliphatic carboxylic acids is 1. The molecule has 1 atom stereocenters. The van der Waals surface area contributed by atoms with Crippen molar-refractivity contribution in [2.45, 2.75) is 13.0 Å². The molecule has 2 N–H and O–H groups in total. The van der Waals surface area contributed by atoms with Gasteiger partial charge in [-0.25, -0.2) is 0 Å². The van der Waals surface area contributed by atoms with Gasteiger partial charge in [0.25, 0.3) is 0 Å². The van der Waals surface area contributed by atoms with E-state index in [1.54, 1.807) is 7.11 Å². The Morgan fingerprint density at radius 2 is 2.20 bits per heavy atom. The molecule has 1 aromatic carbocycles. The maximum atomic E-state index is 10.4. The van der Waals surface area contributed by atoms with Crippen molar-refractivity contribution in [3.05, 3.63) is 29.8 Å². The zero-order valence-electron chi connectivity index (χ0n) is 8.86. The van der Waals surface area contributed by atoms with Crippen molar-refractivity contribution in [3.63, 3.8) is 0 Å². The van der Waals surface area contributed by atoms with Crippen LogP contribution < -0.4 is 10.1 Å². The van der Waals surface area contributed by atoms with Crippen molar-refractivity contribution < 1.29 is 14.6 Å². The van der Waals surface area contributed by atoms with E-state index in [0.29, 0.717) is 0 Å². The number of para-hydroxylation sites is 1. The van der Waals surface area contributed by atoms with Crippen molar-refractivity contribution >= 4 is 5.97 Å². The SMILES string of the molecule is COc1ccccc1C(C)NCC(=O)O. The Kier molecular flexibility index (Phi) is 4.12. The summed E-state index contributed by atoms with van der Waals surface area (Å²) in [6.45, 7) is 1.85. The highest BCUT2D eigenvalue weighted by molar-refractivity contribution is 5.69. The normalized spacial score (nSPS) is 12.1. The van der Waals surface area contributed by atoms with Gasteiger partial charge in [-0.1, -0.05) is 18.2 Å². The summed E-state index contributed by atoms with van der Waals surface area (Å²) in [5.74, 6) is -0.0976. The largest absolute Gasteiger partial charge is 0.496 e. The Morgan fingerprint density at radius 1 is 1.53 bits per heavy atom. The van der Waals surface area contributed by atoms with E-state index < -0.39 is 5.97 Å². The van der Waals surface area contributed by atoms with E-state index in [1.807, 2.05) is 31.2 Å². The lowest BCUT2D eigenvalue weighted by Gasteiger charge is -2.15. The van der Waals surface area contributed by atoms with Crippen LogP contribution in [-0.4, -0.2) is 24.7 Å². The Morgan fingerprint density at radius 3 is 2.80 bits per heavy atom. The first-order valence-corrected chi connectivity index (χ1v) is 4.73. The molecule has 0 aliphatic heterocycles. The second-order valence-corrected chi connectivity index (χ2v) is 3.24. The second-order valence-electron chi connectivity index (χ2n) is 3.24. The monoisotopic (exact) mass is 209 g/mol. The highest BCUT2D eigenvalue weighted by atomic mass is 16.5. The van der Waals surface area contributed by atoms with Gasteiger partial charge < -0.3 is 15.2 Å². The number of carbonyl (C=O) groups is 1. The van der Waals surface area contributed by atoms with Crippen LogP contribution >= 0.6 is 0 Å². The molecule has 0 aliphatic rings. The van der Waals surface area contributed by atoms with E-state index in [1.165, 1.54) is 0 Å². The second kappa shape index (κ2) is 5.36. The molecule has 0 saturated carbocycles. The lowest BCUT2D eigenvalue weighted by Crippen LogP contribution is -2.25. The van der Waals surface area contributed by atoms with Crippen LogP contribution in [0.2, 0.25) is 0 Å². The first-order chi connectivity index (χ1) is 7.15. The third-order valence-electron chi connectivity index (χ3n) is 2.16. The number of hydrogen-bond donors (Lipinski definition) is 2. The zero-order valence-corrected chi connectivity index (χ0v) is 8.86. The Hall–Kier alpha value is -1.55. The Balaban J connectivity index is 2.72. The van der Waals surface area contributed by atoms with Gasteiger partial charge in [-0.2, -0.15) is 0 Å². The maximum Gasteiger partial charge on any atom is 0.317 e. The Bertz CT molecular complexity index is 338. The summed E-state index contributed by atoms with van der Waals surface area (Å²) >= 11 is 0. The lowest BCUT2D eigenvalue weighted by molar-refractivity contribution is -0.136. The minimum absolute atomic E-state index is 0.0442. The molecule has 1 rings (SSSR count). The number of benzene rings is 1. The summed E-state index contributed by atoms with van der Waals surface area (Å²) in [4.78, 5) is 10.4. The van der Waals surface area contributed by atoms with Crippen molar-refractivity contribution in [1.82, 2.24) is 5.32 Å². The van der Waals surface area contributed by atoms with Crippen molar-refractivity contribution in [2.75, 3.05) is 13.7 Å². The first kappa shape index (κ1) is 11.5. The molecule has 4 nitrogen and oxygen atoms in total. The molecule has 4 heteroatoms. The molecule has 1 aromatic rings. The third-order valence-corrected chi connectivity index (χ3v) is 2.16. The van der Waals surface area contributed by atoms with Crippen molar-refractivity contribution in [1.29, 1.82) is 0 Å². The van der Waals surface area contributed by atoms with Gasteiger partial charge >= 0.3 is 5.97 Å². The fourth-order valence-corrected chi connectivity index (χ4v) is 1.37. The van der Waals surface area contributed by atoms with Crippen LogP contribution in [0.15, 0.2) is 24.3 Å². The summed E-state index contributed by atoms with van der Waals surface area (Å²) in [5, 5.41) is 11.4. The molecule has 0 radical (unpaired) electrons. The van der Waals surface area contributed by atoms with Crippen LogP contribution in [0.1, 0.15) is 18.5 Å². The summed E-state index contributed by atoms with van der Waals surface area (Å²) in [6, 6.07) is 7.51. The number of methoxy groups -OCH3 is 1. The van der Waals surface area contributed by atoms with Crippen molar-refractivity contribution in [2.24, 2.45) is 0 Å². The standard InChI is InChI=1S/C11H15NO3/c1-8(12-7-11(13)14)9-5-3-4-6-10(9)15-2/h3-6,8,12H,7H2,1-2H3,(H,13,14). The average molecular weight is 209 g/mol. The summed E-state index contributed by atoms with van der Waals surface area (Å²) < 4.78 is 5.19. The lowest BCUT2D eigenvalue weighted by atomic mass is 10.1.